The van der Waals surface area contributed by atoms with Crippen molar-refractivity contribution < 1.29 is 9.53 Å². The first-order valence-electron chi connectivity index (χ1n) is 8.08. The quantitative estimate of drug-likeness (QED) is 0.869. The van der Waals surface area contributed by atoms with Gasteiger partial charge in [-0.15, -0.1) is 0 Å². The van der Waals surface area contributed by atoms with Crippen molar-refractivity contribution in [2.45, 2.75) is 19.8 Å². The van der Waals surface area contributed by atoms with Crippen molar-refractivity contribution in [3.63, 3.8) is 0 Å². The Balaban J connectivity index is 1.70. The van der Waals surface area contributed by atoms with Crippen LogP contribution in [0.3, 0.4) is 0 Å². The number of amides is 1. The van der Waals surface area contributed by atoms with E-state index in [2.05, 4.69) is 36.3 Å². The van der Waals surface area contributed by atoms with Crippen molar-refractivity contribution in [1.29, 1.82) is 0 Å². The summed E-state index contributed by atoms with van der Waals surface area (Å²) < 4.78 is 7.12. The van der Waals surface area contributed by atoms with E-state index in [0.29, 0.717) is 39.1 Å². The molecule has 1 fully saturated rings. The van der Waals surface area contributed by atoms with E-state index in [0.717, 1.165) is 16.8 Å². The first-order chi connectivity index (χ1) is 11.1. The molecule has 5 nitrogen and oxygen atoms in total. The molecule has 1 saturated heterocycles. The van der Waals surface area contributed by atoms with Crippen LogP contribution in [0.1, 0.15) is 17.5 Å². The Hall–Kier alpha value is -2.14. The predicted octanol–water partition coefficient (Wildman–Crippen LogP) is 2.19. The van der Waals surface area contributed by atoms with Crippen molar-refractivity contribution in [1.82, 2.24) is 14.7 Å². The van der Waals surface area contributed by atoms with Crippen LogP contribution in [0, 0.1) is 6.92 Å². The van der Waals surface area contributed by atoms with Crippen molar-refractivity contribution in [3.05, 3.63) is 41.6 Å². The summed E-state index contributed by atoms with van der Waals surface area (Å²) in [5.74, 6) is 0.201. The van der Waals surface area contributed by atoms with Crippen molar-refractivity contribution >= 4 is 5.91 Å². The Morgan fingerprint density at radius 1 is 1.22 bits per heavy atom. The minimum atomic E-state index is 0.201. The maximum absolute atomic E-state index is 12.3. The van der Waals surface area contributed by atoms with E-state index in [9.17, 15) is 4.79 Å². The van der Waals surface area contributed by atoms with Crippen molar-refractivity contribution in [3.8, 4) is 11.3 Å². The summed E-state index contributed by atoms with van der Waals surface area (Å²) in [6.45, 7) is 4.78. The summed E-state index contributed by atoms with van der Waals surface area (Å²) in [5.41, 5.74) is 4.43. The number of ether oxygens (including phenoxy) is 1. The molecule has 0 radical (unpaired) electrons. The van der Waals surface area contributed by atoms with E-state index in [4.69, 9.17) is 4.74 Å². The van der Waals surface area contributed by atoms with Crippen LogP contribution >= 0.6 is 0 Å². The van der Waals surface area contributed by atoms with Gasteiger partial charge in [-0.2, -0.15) is 5.10 Å². The average Bonchev–Trinajstić information content (AvgIpc) is 2.95. The molecule has 23 heavy (non-hydrogen) atoms. The molecule has 0 saturated carbocycles. The highest BCUT2D eigenvalue weighted by Crippen LogP contribution is 2.23. The van der Waals surface area contributed by atoms with Gasteiger partial charge >= 0.3 is 0 Å². The van der Waals surface area contributed by atoms with Gasteiger partial charge in [-0.3, -0.25) is 9.48 Å². The third kappa shape index (κ3) is 3.79. The van der Waals surface area contributed by atoms with Crippen LogP contribution in [0.15, 0.2) is 30.5 Å². The predicted molar refractivity (Wildman–Crippen MR) is 89.1 cm³/mol. The van der Waals surface area contributed by atoms with E-state index in [1.165, 1.54) is 5.56 Å². The van der Waals surface area contributed by atoms with Gasteiger partial charge in [0.05, 0.1) is 18.9 Å². The molecule has 1 aliphatic heterocycles. The van der Waals surface area contributed by atoms with Gasteiger partial charge in [0, 0.05) is 38.3 Å². The highest BCUT2D eigenvalue weighted by Gasteiger charge is 2.18. The third-order valence-corrected chi connectivity index (χ3v) is 4.20. The molecule has 0 spiro atoms. The first-order valence-corrected chi connectivity index (χ1v) is 8.08. The molecule has 0 bridgehead atoms. The van der Waals surface area contributed by atoms with Crippen LogP contribution in [-0.4, -0.2) is 46.9 Å². The normalized spacial score (nSPS) is 15.0. The molecule has 1 aliphatic rings. The summed E-state index contributed by atoms with van der Waals surface area (Å²) in [7, 11) is 1.92. The number of benzene rings is 1. The molecule has 1 aromatic carbocycles. The number of aromatic nitrogens is 2. The van der Waals surface area contributed by atoms with Crippen molar-refractivity contribution in [2.75, 3.05) is 26.3 Å². The third-order valence-electron chi connectivity index (χ3n) is 4.20. The maximum Gasteiger partial charge on any atom is 0.223 e. The number of rotatable bonds is 4. The Morgan fingerprint density at radius 2 is 1.91 bits per heavy atom. The summed E-state index contributed by atoms with van der Waals surface area (Å²) in [5, 5.41) is 4.57. The minimum absolute atomic E-state index is 0.201. The summed E-state index contributed by atoms with van der Waals surface area (Å²) in [6, 6.07) is 8.36. The lowest BCUT2D eigenvalue weighted by Crippen LogP contribution is -2.40. The van der Waals surface area contributed by atoms with Gasteiger partial charge in [0.2, 0.25) is 5.91 Å². The lowest BCUT2D eigenvalue weighted by molar-refractivity contribution is -0.135. The molecule has 3 rings (SSSR count). The smallest absolute Gasteiger partial charge is 0.223 e. The van der Waals surface area contributed by atoms with E-state index in [1.807, 2.05) is 22.8 Å². The molecular formula is C18H23N3O2. The first kappa shape index (κ1) is 15.7. The topological polar surface area (TPSA) is 47.4 Å². The number of carbonyl (C=O) groups is 1. The fraction of sp³-hybridized carbons (Fsp3) is 0.444. The highest BCUT2D eigenvalue weighted by atomic mass is 16.5. The van der Waals surface area contributed by atoms with Crippen LogP contribution in [0.25, 0.3) is 11.3 Å². The zero-order valence-corrected chi connectivity index (χ0v) is 13.8. The Bertz CT molecular complexity index is 670. The number of aryl methyl sites for hydroxylation is 3. The summed E-state index contributed by atoms with van der Waals surface area (Å²) in [4.78, 5) is 14.2. The van der Waals surface area contributed by atoms with Gasteiger partial charge in [0.1, 0.15) is 0 Å². The minimum Gasteiger partial charge on any atom is -0.378 e. The zero-order valence-electron chi connectivity index (χ0n) is 13.8. The molecule has 0 unspecified atom stereocenters. The molecule has 1 aromatic heterocycles. The lowest BCUT2D eigenvalue weighted by atomic mass is 10.0. The number of morpholine rings is 1. The van der Waals surface area contributed by atoms with Gasteiger partial charge in [0.25, 0.3) is 0 Å². The molecule has 1 amide bonds. The molecule has 0 N–H and O–H groups in total. The maximum atomic E-state index is 12.3. The zero-order chi connectivity index (χ0) is 16.2. The van der Waals surface area contributed by atoms with E-state index in [-0.39, 0.29) is 5.91 Å². The van der Waals surface area contributed by atoms with Crippen LogP contribution in [0.2, 0.25) is 0 Å². The molecule has 5 heteroatoms. The molecule has 2 aromatic rings. The van der Waals surface area contributed by atoms with Crippen molar-refractivity contribution in [2.24, 2.45) is 7.05 Å². The highest BCUT2D eigenvalue weighted by molar-refractivity contribution is 5.77. The van der Waals surface area contributed by atoms with Gasteiger partial charge in [-0.25, -0.2) is 0 Å². The van der Waals surface area contributed by atoms with Gasteiger partial charge in [0.15, 0.2) is 0 Å². The second-order valence-electron chi connectivity index (χ2n) is 6.04. The molecule has 2 heterocycles. The molecule has 122 valence electrons. The second kappa shape index (κ2) is 6.96. The number of hydrogen-bond acceptors (Lipinski definition) is 3. The van der Waals surface area contributed by atoms with Gasteiger partial charge in [-0.1, -0.05) is 29.8 Å². The second-order valence-corrected chi connectivity index (χ2v) is 6.04. The number of carbonyl (C=O) groups excluding carboxylic acids is 1. The number of nitrogens with zero attached hydrogens (tertiary/aromatic N) is 3. The summed E-state index contributed by atoms with van der Waals surface area (Å²) >= 11 is 0. The fourth-order valence-electron chi connectivity index (χ4n) is 2.89. The van der Waals surface area contributed by atoms with Gasteiger partial charge in [-0.05, 0) is 18.9 Å². The lowest BCUT2D eigenvalue weighted by Gasteiger charge is -2.26. The van der Waals surface area contributed by atoms with Crippen LogP contribution in [0.4, 0.5) is 0 Å². The van der Waals surface area contributed by atoms with E-state index < -0.39 is 0 Å². The molecular weight excluding hydrogens is 290 g/mol. The SMILES string of the molecule is Cc1ccc(-c2nn(C)cc2CCC(=O)N2CCOCC2)cc1. The number of hydrogen-bond donors (Lipinski definition) is 0. The average molecular weight is 313 g/mol. The Morgan fingerprint density at radius 3 is 2.61 bits per heavy atom. The largest absolute Gasteiger partial charge is 0.378 e. The Labute approximate surface area is 136 Å². The summed E-state index contributed by atoms with van der Waals surface area (Å²) in [6.07, 6.45) is 3.25. The molecule has 0 aliphatic carbocycles. The van der Waals surface area contributed by atoms with Crippen LogP contribution in [-0.2, 0) is 23.0 Å². The van der Waals surface area contributed by atoms with Gasteiger partial charge < -0.3 is 9.64 Å². The fourth-order valence-corrected chi connectivity index (χ4v) is 2.89. The Kier molecular flexibility index (Phi) is 4.76. The molecule has 0 atom stereocenters. The van der Waals surface area contributed by atoms with Crippen LogP contribution < -0.4 is 0 Å². The van der Waals surface area contributed by atoms with E-state index in [1.54, 1.807) is 0 Å². The van der Waals surface area contributed by atoms with E-state index >= 15 is 0 Å². The standard InChI is InChI=1S/C18H23N3O2/c1-14-3-5-15(6-4-14)18-16(13-20(2)19-18)7-8-17(22)21-9-11-23-12-10-21/h3-6,13H,7-12H2,1-2H3. The monoisotopic (exact) mass is 313 g/mol. The van der Waals surface area contributed by atoms with Crippen LogP contribution in [0.5, 0.6) is 0 Å².